The molecular formula is C20H33F3N4O. The molecule has 2 N–H and O–H groups in total. The van der Waals surface area contributed by atoms with Gasteiger partial charge in [-0.25, -0.2) is 0 Å². The predicted octanol–water partition coefficient (Wildman–Crippen LogP) is 3.80. The maximum Gasteiger partial charge on any atom is 0.422 e. The second-order valence-corrected chi connectivity index (χ2v) is 6.65. The fraction of sp³-hybridized carbons (Fsp3) is 0.650. The van der Waals surface area contributed by atoms with E-state index < -0.39 is 12.8 Å². The molecule has 0 spiro atoms. The molecule has 0 radical (unpaired) electrons. The Balaban J connectivity index is 2.49. The zero-order chi connectivity index (χ0) is 21.0. The van der Waals surface area contributed by atoms with Crippen LogP contribution in [0, 0.1) is 0 Å². The Hall–Kier alpha value is -1.96. The van der Waals surface area contributed by atoms with Gasteiger partial charge in [-0.05, 0) is 45.5 Å². The molecule has 0 saturated heterocycles. The summed E-state index contributed by atoms with van der Waals surface area (Å²) in [6.45, 7) is 8.60. The summed E-state index contributed by atoms with van der Waals surface area (Å²) < 4.78 is 42.1. The van der Waals surface area contributed by atoms with Gasteiger partial charge in [0.1, 0.15) is 5.75 Å². The van der Waals surface area contributed by atoms with Gasteiger partial charge in [-0.1, -0.05) is 32.0 Å². The molecule has 1 rings (SSSR count). The number of benzene rings is 1. The normalized spacial score (nSPS) is 13.5. The maximum absolute atomic E-state index is 12.4. The van der Waals surface area contributed by atoms with E-state index in [0.717, 1.165) is 32.5 Å². The van der Waals surface area contributed by atoms with Crippen molar-refractivity contribution in [1.29, 1.82) is 0 Å². The zero-order valence-corrected chi connectivity index (χ0v) is 17.3. The van der Waals surface area contributed by atoms with Gasteiger partial charge in [0.05, 0.1) is 0 Å². The molecule has 0 bridgehead atoms. The van der Waals surface area contributed by atoms with Crippen molar-refractivity contribution >= 4 is 5.96 Å². The molecule has 0 saturated carbocycles. The molecule has 0 aliphatic carbocycles. The van der Waals surface area contributed by atoms with Crippen LogP contribution in [-0.4, -0.2) is 56.4 Å². The van der Waals surface area contributed by atoms with Crippen LogP contribution in [0.2, 0.25) is 0 Å². The molecule has 0 aliphatic rings. The first-order valence-electron chi connectivity index (χ1n) is 9.76. The first-order chi connectivity index (χ1) is 13.3. The second kappa shape index (κ2) is 12.5. The number of ether oxygens (including phenoxy) is 1. The number of nitrogens with one attached hydrogen (secondary N) is 2. The van der Waals surface area contributed by atoms with E-state index in [-0.39, 0.29) is 11.8 Å². The lowest BCUT2D eigenvalue weighted by atomic mass is 10.1. The van der Waals surface area contributed by atoms with Crippen LogP contribution in [0.15, 0.2) is 29.3 Å². The summed E-state index contributed by atoms with van der Waals surface area (Å²) in [6, 6.07) is 6.93. The highest BCUT2D eigenvalue weighted by atomic mass is 19.4. The van der Waals surface area contributed by atoms with Crippen LogP contribution in [-0.2, 0) is 6.54 Å². The number of hydrogen-bond donors (Lipinski definition) is 2. The zero-order valence-electron chi connectivity index (χ0n) is 17.3. The molecule has 8 heteroatoms. The van der Waals surface area contributed by atoms with Crippen LogP contribution in [0.1, 0.15) is 39.2 Å². The smallest absolute Gasteiger partial charge is 0.422 e. The van der Waals surface area contributed by atoms with Crippen molar-refractivity contribution in [2.45, 2.75) is 52.4 Å². The molecule has 0 amide bonds. The van der Waals surface area contributed by atoms with Crippen molar-refractivity contribution in [2.24, 2.45) is 4.99 Å². The molecule has 1 aromatic carbocycles. The van der Waals surface area contributed by atoms with Gasteiger partial charge < -0.3 is 20.3 Å². The standard InChI is InChI=1S/C20H33F3N4O/c1-5-27(6-2)13-9-10-16(3)26-19(24-4)25-14-17-11-7-8-12-18(17)28-15-20(21,22)23/h7-8,11-12,16H,5-6,9-10,13-15H2,1-4H3,(H2,24,25,26). The summed E-state index contributed by atoms with van der Waals surface area (Å²) in [7, 11) is 1.67. The van der Waals surface area contributed by atoms with Gasteiger partial charge >= 0.3 is 6.18 Å². The number of halogens is 3. The molecule has 0 fully saturated rings. The summed E-state index contributed by atoms with van der Waals surface area (Å²) in [6.07, 6.45) is -2.28. The second-order valence-electron chi connectivity index (χ2n) is 6.65. The fourth-order valence-corrected chi connectivity index (χ4v) is 2.79. The van der Waals surface area contributed by atoms with Gasteiger partial charge in [-0.2, -0.15) is 13.2 Å². The number of para-hydroxylation sites is 1. The van der Waals surface area contributed by atoms with Crippen LogP contribution in [0.4, 0.5) is 13.2 Å². The van der Waals surface area contributed by atoms with E-state index in [0.29, 0.717) is 18.1 Å². The summed E-state index contributed by atoms with van der Waals surface area (Å²) in [5.41, 5.74) is 0.642. The quantitative estimate of drug-likeness (QED) is 0.437. The monoisotopic (exact) mass is 402 g/mol. The van der Waals surface area contributed by atoms with E-state index >= 15 is 0 Å². The predicted molar refractivity (Wildman–Crippen MR) is 108 cm³/mol. The van der Waals surface area contributed by atoms with Crippen molar-refractivity contribution in [1.82, 2.24) is 15.5 Å². The Morgan fingerprint density at radius 1 is 1.21 bits per heavy atom. The molecule has 28 heavy (non-hydrogen) atoms. The lowest BCUT2D eigenvalue weighted by molar-refractivity contribution is -0.153. The summed E-state index contributed by atoms with van der Waals surface area (Å²) in [5.74, 6) is 0.830. The molecule has 160 valence electrons. The number of rotatable bonds is 11. The van der Waals surface area contributed by atoms with Crippen molar-refractivity contribution in [2.75, 3.05) is 33.3 Å². The van der Waals surface area contributed by atoms with Gasteiger partial charge in [0, 0.05) is 25.2 Å². The van der Waals surface area contributed by atoms with E-state index in [1.54, 1.807) is 25.2 Å². The topological polar surface area (TPSA) is 48.9 Å². The van der Waals surface area contributed by atoms with Crippen LogP contribution in [0.3, 0.4) is 0 Å². The molecule has 1 atom stereocenters. The van der Waals surface area contributed by atoms with Crippen LogP contribution in [0.5, 0.6) is 5.75 Å². The third-order valence-corrected chi connectivity index (χ3v) is 4.42. The van der Waals surface area contributed by atoms with Gasteiger partial charge in [-0.15, -0.1) is 0 Å². The van der Waals surface area contributed by atoms with Gasteiger partial charge in [0.25, 0.3) is 0 Å². The Bertz CT molecular complexity index is 589. The van der Waals surface area contributed by atoms with E-state index in [2.05, 4.69) is 41.3 Å². The molecule has 0 heterocycles. The van der Waals surface area contributed by atoms with Crippen molar-refractivity contribution in [3.63, 3.8) is 0 Å². The van der Waals surface area contributed by atoms with Crippen molar-refractivity contribution in [3.8, 4) is 5.75 Å². The van der Waals surface area contributed by atoms with E-state index in [4.69, 9.17) is 4.74 Å². The number of hydrogen-bond acceptors (Lipinski definition) is 3. The molecule has 0 aromatic heterocycles. The Kier molecular flexibility index (Phi) is 10.7. The van der Waals surface area contributed by atoms with Crippen LogP contribution >= 0.6 is 0 Å². The highest BCUT2D eigenvalue weighted by Gasteiger charge is 2.28. The first-order valence-corrected chi connectivity index (χ1v) is 9.76. The summed E-state index contributed by atoms with van der Waals surface area (Å²) in [5, 5.41) is 6.46. The van der Waals surface area contributed by atoms with E-state index in [1.165, 1.54) is 6.07 Å². The van der Waals surface area contributed by atoms with Crippen LogP contribution in [0.25, 0.3) is 0 Å². The number of aliphatic imine (C=N–C) groups is 1. The average Bonchev–Trinajstić information content (AvgIpc) is 2.66. The van der Waals surface area contributed by atoms with Gasteiger partial charge in [0.2, 0.25) is 0 Å². The Morgan fingerprint density at radius 3 is 2.50 bits per heavy atom. The maximum atomic E-state index is 12.4. The third-order valence-electron chi connectivity index (χ3n) is 4.42. The number of nitrogens with zero attached hydrogens (tertiary/aromatic N) is 2. The summed E-state index contributed by atoms with van der Waals surface area (Å²) in [4.78, 5) is 6.58. The third kappa shape index (κ3) is 9.82. The van der Waals surface area contributed by atoms with E-state index in [9.17, 15) is 13.2 Å². The Morgan fingerprint density at radius 2 is 1.89 bits per heavy atom. The van der Waals surface area contributed by atoms with Crippen molar-refractivity contribution < 1.29 is 17.9 Å². The number of guanidine groups is 1. The highest BCUT2D eigenvalue weighted by Crippen LogP contribution is 2.22. The van der Waals surface area contributed by atoms with Gasteiger partial charge in [0.15, 0.2) is 12.6 Å². The van der Waals surface area contributed by atoms with E-state index in [1.807, 2.05) is 0 Å². The number of alkyl halides is 3. The van der Waals surface area contributed by atoms with Gasteiger partial charge in [-0.3, -0.25) is 4.99 Å². The molecule has 1 aromatic rings. The minimum atomic E-state index is -4.36. The largest absolute Gasteiger partial charge is 0.484 e. The Labute approximate surface area is 166 Å². The highest BCUT2D eigenvalue weighted by molar-refractivity contribution is 5.79. The van der Waals surface area contributed by atoms with Crippen LogP contribution < -0.4 is 15.4 Å². The minimum absolute atomic E-state index is 0.218. The summed E-state index contributed by atoms with van der Waals surface area (Å²) >= 11 is 0. The minimum Gasteiger partial charge on any atom is -0.484 e. The molecular weight excluding hydrogens is 369 g/mol. The molecule has 0 aliphatic heterocycles. The lowest BCUT2D eigenvalue weighted by Crippen LogP contribution is -2.42. The average molecular weight is 403 g/mol. The first kappa shape index (κ1) is 24.1. The SMILES string of the molecule is CCN(CC)CCCC(C)NC(=NC)NCc1ccccc1OCC(F)(F)F. The van der Waals surface area contributed by atoms with Crippen molar-refractivity contribution in [3.05, 3.63) is 29.8 Å². The molecule has 5 nitrogen and oxygen atoms in total. The lowest BCUT2D eigenvalue weighted by Gasteiger charge is -2.21. The molecule has 1 unspecified atom stereocenters. The fourth-order valence-electron chi connectivity index (χ4n) is 2.79.